The first-order chi connectivity index (χ1) is 7.11. The number of hydrogen-bond acceptors (Lipinski definition) is 1. The van der Waals surface area contributed by atoms with E-state index in [4.69, 9.17) is 0 Å². The summed E-state index contributed by atoms with van der Waals surface area (Å²) in [6.07, 6.45) is 1.15. The number of nitrogens with zero attached hydrogens (tertiary/aromatic N) is 1. The Kier molecular flexibility index (Phi) is 4.83. The average Bonchev–Trinajstić information content (AvgIpc) is 2.18. The lowest BCUT2D eigenvalue weighted by atomic mass is 10.1. The Labute approximate surface area is 94.1 Å². The maximum Gasteiger partial charge on any atom is 0.00414 e. The molecule has 0 aliphatic carbocycles. The van der Waals surface area contributed by atoms with Gasteiger partial charge >= 0.3 is 0 Å². The number of hydrogen-bond donors (Lipinski definition) is 0. The lowest BCUT2D eigenvalue weighted by molar-refractivity contribution is 0.177. The molecule has 0 heterocycles. The SMILES string of the molecule is CC(C)N(CCc1ccccc1)C(C)C. The molecule has 0 unspecified atom stereocenters. The Morgan fingerprint density at radius 2 is 1.47 bits per heavy atom. The summed E-state index contributed by atoms with van der Waals surface area (Å²) in [6, 6.07) is 12.0. The second kappa shape index (κ2) is 5.92. The van der Waals surface area contributed by atoms with Gasteiger partial charge in [0.15, 0.2) is 0 Å². The molecule has 0 atom stereocenters. The highest BCUT2D eigenvalue weighted by Crippen LogP contribution is 2.07. The Morgan fingerprint density at radius 3 is 1.93 bits per heavy atom. The van der Waals surface area contributed by atoms with Gasteiger partial charge in [0, 0.05) is 18.6 Å². The molecule has 0 bridgehead atoms. The average molecular weight is 205 g/mol. The quantitative estimate of drug-likeness (QED) is 0.712. The van der Waals surface area contributed by atoms with Crippen LogP contribution < -0.4 is 0 Å². The van der Waals surface area contributed by atoms with Crippen molar-refractivity contribution >= 4 is 0 Å². The van der Waals surface area contributed by atoms with Crippen LogP contribution >= 0.6 is 0 Å². The summed E-state index contributed by atoms with van der Waals surface area (Å²) in [5, 5.41) is 0. The van der Waals surface area contributed by atoms with Gasteiger partial charge in [0.2, 0.25) is 0 Å². The Hall–Kier alpha value is -0.820. The Balaban J connectivity index is 2.47. The highest BCUT2D eigenvalue weighted by atomic mass is 15.2. The second-order valence-electron chi connectivity index (χ2n) is 4.66. The van der Waals surface area contributed by atoms with E-state index in [1.807, 2.05) is 0 Å². The Morgan fingerprint density at radius 1 is 0.933 bits per heavy atom. The summed E-state index contributed by atoms with van der Waals surface area (Å²) >= 11 is 0. The van der Waals surface area contributed by atoms with E-state index in [1.54, 1.807) is 0 Å². The molecule has 1 heteroatoms. The fraction of sp³-hybridized carbons (Fsp3) is 0.571. The number of rotatable bonds is 5. The van der Waals surface area contributed by atoms with E-state index in [1.165, 1.54) is 5.56 Å². The fourth-order valence-corrected chi connectivity index (χ4v) is 2.02. The summed E-state index contributed by atoms with van der Waals surface area (Å²) in [6.45, 7) is 10.2. The van der Waals surface area contributed by atoms with Crippen molar-refractivity contribution < 1.29 is 0 Å². The predicted molar refractivity (Wildman–Crippen MR) is 67.1 cm³/mol. The second-order valence-corrected chi connectivity index (χ2v) is 4.66. The third kappa shape index (κ3) is 4.05. The molecule has 0 saturated heterocycles. The van der Waals surface area contributed by atoms with Gasteiger partial charge in [0.05, 0.1) is 0 Å². The van der Waals surface area contributed by atoms with Crippen molar-refractivity contribution in [3.63, 3.8) is 0 Å². The van der Waals surface area contributed by atoms with E-state index in [9.17, 15) is 0 Å². The van der Waals surface area contributed by atoms with Gasteiger partial charge in [-0.3, -0.25) is 4.90 Å². The molecule has 1 aromatic carbocycles. The van der Waals surface area contributed by atoms with Gasteiger partial charge in [0.25, 0.3) is 0 Å². The molecule has 0 N–H and O–H groups in total. The van der Waals surface area contributed by atoms with Gasteiger partial charge in [-0.2, -0.15) is 0 Å². The molecular formula is C14H23N. The monoisotopic (exact) mass is 205 g/mol. The normalized spacial score (nSPS) is 11.7. The highest BCUT2D eigenvalue weighted by molar-refractivity contribution is 5.14. The van der Waals surface area contributed by atoms with Gasteiger partial charge in [-0.05, 0) is 39.7 Å². The van der Waals surface area contributed by atoms with E-state index in [2.05, 4.69) is 62.9 Å². The lowest BCUT2D eigenvalue weighted by Gasteiger charge is -2.30. The zero-order valence-corrected chi connectivity index (χ0v) is 10.4. The van der Waals surface area contributed by atoms with Crippen LogP contribution in [0.15, 0.2) is 30.3 Å². The minimum atomic E-state index is 0.633. The van der Waals surface area contributed by atoms with E-state index < -0.39 is 0 Å². The van der Waals surface area contributed by atoms with Crippen molar-refractivity contribution in [1.29, 1.82) is 0 Å². The zero-order chi connectivity index (χ0) is 11.3. The fourth-order valence-electron chi connectivity index (χ4n) is 2.02. The molecule has 0 aromatic heterocycles. The lowest BCUT2D eigenvalue weighted by Crippen LogP contribution is -2.38. The predicted octanol–water partition coefficient (Wildman–Crippen LogP) is 3.35. The maximum absolute atomic E-state index is 2.53. The summed E-state index contributed by atoms with van der Waals surface area (Å²) in [5.41, 5.74) is 1.43. The van der Waals surface area contributed by atoms with Crippen molar-refractivity contribution in [2.24, 2.45) is 0 Å². The van der Waals surface area contributed by atoms with Crippen molar-refractivity contribution in [3.8, 4) is 0 Å². The molecule has 15 heavy (non-hydrogen) atoms. The molecule has 0 aliphatic rings. The summed E-state index contributed by atoms with van der Waals surface area (Å²) in [5.74, 6) is 0. The van der Waals surface area contributed by atoms with Crippen LogP contribution in [0, 0.1) is 0 Å². The summed E-state index contributed by atoms with van der Waals surface area (Å²) in [7, 11) is 0. The van der Waals surface area contributed by atoms with Crippen molar-refractivity contribution in [2.45, 2.75) is 46.2 Å². The molecule has 0 aliphatic heterocycles. The molecular weight excluding hydrogens is 182 g/mol. The first kappa shape index (κ1) is 12.3. The van der Waals surface area contributed by atoms with E-state index >= 15 is 0 Å². The summed E-state index contributed by atoms with van der Waals surface area (Å²) in [4.78, 5) is 2.53. The van der Waals surface area contributed by atoms with Crippen LogP contribution in [0.1, 0.15) is 33.3 Å². The smallest absolute Gasteiger partial charge is 0.00414 e. The molecule has 0 radical (unpaired) electrons. The van der Waals surface area contributed by atoms with E-state index in [0.29, 0.717) is 12.1 Å². The van der Waals surface area contributed by atoms with Crippen LogP contribution in [-0.4, -0.2) is 23.5 Å². The van der Waals surface area contributed by atoms with E-state index in [0.717, 1.165) is 13.0 Å². The van der Waals surface area contributed by atoms with Crippen LogP contribution in [0.25, 0.3) is 0 Å². The topological polar surface area (TPSA) is 3.24 Å². The van der Waals surface area contributed by atoms with Crippen LogP contribution in [0.3, 0.4) is 0 Å². The van der Waals surface area contributed by atoms with Crippen LogP contribution in [-0.2, 0) is 6.42 Å². The number of benzene rings is 1. The minimum absolute atomic E-state index is 0.633. The third-order valence-electron chi connectivity index (χ3n) is 2.83. The standard InChI is InChI=1S/C14H23N/c1-12(2)15(13(3)4)11-10-14-8-6-5-7-9-14/h5-9,12-13H,10-11H2,1-4H3. The highest BCUT2D eigenvalue weighted by Gasteiger charge is 2.12. The summed E-state index contributed by atoms with van der Waals surface area (Å²) < 4.78 is 0. The molecule has 1 aromatic rings. The van der Waals surface area contributed by atoms with Gasteiger partial charge in [-0.25, -0.2) is 0 Å². The van der Waals surface area contributed by atoms with Crippen molar-refractivity contribution in [1.82, 2.24) is 4.90 Å². The maximum atomic E-state index is 2.53. The molecule has 0 saturated carbocycles. The van der Waals surface area contributed by atoms with Crippen LogP contribution in [0.5, 0.6) is 0 Å². The van der Waals surface area contributed by atoms with Gasteiger partial charge in [0.1, 0.15) is 0 Å². The molecule has 0 spiro atoms. The first-order valence-electron chi connectivity index (χ1n) is 5.91. The minimum Gasteiger partial charge on any atom is -0.298 e. The molecule has 1 nitrogen and oxygen atoms in total. The van der Waals surface area contributed by atoms with Gasteiger partial charge in [-0.15, -0.1) is 0 Å². The van der Waals surface area contributed by atoms with Crippen molar-refractivity contribution in [3.05, 3.63) is 35.9 Å². The molecule has 1 rings (SSSR count). The third-order valence-corrected chi connectivity index (χ3v) is 2.83. The zero-order valence-electron chi connectivity index (χ0n) is 10.4. The largest absolute Gasteiger partial charge is 0.298 e. The van der Waals surface area contributed by atoms with Crippen molar-refractivity contribution in [2.75, 3.05) is 6.54 Å². The van der Waals surface area contributed by atoms with Crippen LogP contribution in [0.4, 0.5) is 0 Å². The molecule has 0 fully saturated rings. The Bertz CT molecular complexity index is 256. The van der Waals surface area contributed by atoms with Gasteiger partial charge < -0.3 is 0 Å². The van der Waals surface area contributed by atoms with Gasteiger partial charge in [-0.1, -0.05) is 30.3 Å². The first-order valence-corrected chi connectivity index (χ1v) is 5.91. The van der Waals surface area contributed by atoms with Crippen LogP contribution in [0.2, 0.25) is 0 Å². The van der Waals surface area contributed by atoms with E-state index in [-0.39, 0.29) is 0 Å². The molecule has 0 amide bonds. The molecule has 84 valence electrons.